The number of nitrogens with zero attached hydrogens (tertiary/aromatic N) is 4. The molecule has 0 spiro atoms. The molecule has 3 aromatic rings. The lowest BCUT2D eigenvalue weighted by Crippen LogP contribution is -2.13. The highest BCUT2D eigenvalue weighted by atomic mass is 35.7. The van der Waals surface area contributed by atoms with Crippen molar-refractivity contribution in [2.75, 3.05) is 12.1 Å². The van der Waals surface area contributed by atoms with E-state index in [0.29, 0.717) is 17.8 Å². The maximum absolute atomic E-state index is 12.3. The van der Waals surface area contributed by atoms with E-state index in [1.807, 2.05) is 13.0 Å². The zero-order valence-electron chi connectivity index (χ0n) is 13.4. The lowest BCUT2D eigenvalue weighted by molar-refractivity contribution is 0.0978. The summed E-state index contributed by atoms with van der Waals surface area (Å²) in [6, 6.07) is 8.74. The average Bonchev–Trinajstić information content (AvgIpc) is 2.98. The highest BCUT2D eigenvalue weighted by Crippen LogP contribution is 2.52. The van der Waals surface area contributed by atoms with Crippen LogP contribution in [0.2, 0.25) is 0 Å². The summed E-state index contributed by atoms with van der Waals surface area (Å²) in [7, 11) is 0. The van der Waals surface area contributed by atoms with Crippen LogP contribution in [0.15, 0.2) is 42.9 Å². The molecule has 2 N–H and O–H groups in total. The number of nitrogens with two attached hydrogens (primary N) is 1. The number of hydrogen-bond acceptors (Lipinski definition) is 7. The molecule has 0 aliphatic carbocycles. The molecule has 3 rings (SSSR count). The molecule has 0 saturated heterocycles. The SMILES string of the molecule is C[C@H](Cc1cnn2c(N)ncnc12)OCP(=O)(Cl)Oc1ccccc1. The zero-order chi connectivity index (χ0) is 17.9. The van der Waals surface area contributed by atoms with Gasteiger partial charge in [0.1, 0.15) is 18.4 Å². The lowest BCUT2D eigenvalue weighted by atomic mass is 10.2. The first kappa shape index (κ1) is 17.7. The highest BCUT2D eigenvalue weighted by molar-refractivity contribution is 7.85. The first-order chi connectivity index (χ1) is 11.9. The van der Waals surface area contributed by atoms with Gasteiger partial charge in [-0.3, -0.25) is 4.57 Å². The predicted molar refractivity (Wildman–Crippen MR) is 94.8 cm³/mol. The second-order valence-electron chi connectivity index (χ2n) is 5.44. The summed E-state index contributed by atoms with van der Waals surface area (Å²) in [4.78, 5) is 8.04. The first-order valence-corrected chi connectivity index (χ1v) is 10.2. The Labute approximate surface area is 149 Å². The monoisotopic (exact) mass is 381 g/mol. The third-order valence-electron chi connectivity index (χ3n) is 3.41. The Morgan fingerprint density at radius 2 is 2.08 bits per heavy atom. The molecule has 1 aromatic carbocycles. The minimum absolute atomic E-state index is 0.207. The van der Waals surface area contributed by atoms with E-state index in [0.717, 1.165) is 5.56 Å². The molecule has 8 nitrogen and oxygen atoms in total. The molecule has 0 fully saturated rings. The van der Waals surface area contributed by atoms with Crippen LogP contribution in [0.5, 0.6) is 5.75 Å². The minimum Gasteiger partial charge on any atom is -0.431 e. The van der Waals surface area contributed by atoms with Crippen LogP contribution in [0.3, 0.4) is 0 Å². The fraction of sp³-hybridized carbons (Fsp3) is 0.267. The number of benzene rings is 1. The van der Waals surface area contributed by atoms with Gasteiger partial charge in [0.05, 0.1) is 12.3 Å². The summed E-state index contributed by atoms with van der Waals surface area (Å²) in [6.07, 6.45) is 3.06. The van der Waals surface area contributed by atoms with Crippen molar-refractivity contribution in [3.05, 3.63) is 48.4 Å². The normalized spacial score (nSPS) is 15.0. The van der Waals surface area contributed by atoms with Crippen LogP contribution in [0, 0.1) is 0 Å². The number of aromatic nitrogens is 4. The molecule has 0 radical (unpaired) electrons. The summed E-state index contributed by atoms with van der Waals surface area (Å²) in [5.41, 5.74) is 7.19. The van der Waals surface area contributed by atoms with Crippen molar-refractivity contribution in [3.63, 3.8) is 0 Å². The summed E-state index contributed by atoms with van der Waals surface area (Å²) in [6.45, 7) is -1.59. The molecular weight excluding hydrogens is 365 g/mol. The second-order valence-corrected chi connectivity index (χ2v) is 8.61. The van der Waals surface area contributed by atoms with Gasteiger partial charge in [-0.15, -0.1) is 0 Å². The number of hydrogen-bond donors (Lipinski definition) is 1. The summed E-state index contributed by atoms with van der Waals surface area (Å²) >= 11 is 5.97. The molecule has 132 valence electrons. The van der Waals surface area contributed by atoms with Crippen molar-refractivity contribution >= 4 is 29.6 Å². The van der Waals surface area contributed by atoms with Crippen molar-refractivity contribution < 1.29 is 13.8 Å². The molecule has 0 saturated carbocycles. The van der Waals surface area contributed by atoms with E-state index < -0.39 is 6.72 Å². The topological polar surface area (TPSA) is 105 Å². The fourth-order valence-electron chi connectivity index (χ4n) is 2.27. The van der Waals surface area contributed by atoms with Gasteiger partial charge in [0.2, 0.25) is 5.95 Å². The number of rotatable bonds is 7. The summed E-state index contributed by atoms with van der Waals surface area (Å²) in [5.74, 6) is 0.693. The van der Waals surface area contributed by atoms with Crippen LogP contribution in [-0.4, -0.2) is 32.0 Å². The van der Waals surface area contributed by atoms with Gasteiger partial charge >= 0.3 is 6.72 Å². The van der Waals surface area contributed by atoms with Crippen LogP contribution >= 0.6 is 18.0 Å². The Hall–Kier alpha value is -2.15. The third kappa shape index (κ3) is 4.48. The van der Waals surface area contributed by atoms with Crippen LogP contribution in [0.4, 0.5) is 5.95 Å². The average molecular weight is 382 g/mol. The predicted octanol–water partition coefficient (Wildman–Crippen LogP) is 3.12. The quantitative estimate of drug-likeness (QED) is 0.627. The molecule has 25 heavy (non-hydrogen) atoms. The molecule has 2 aromatic heterocycles. The van der Waals surface area contributed by atoms with E-state index in [9.17, 15) is 4.57 Å². The van der Waals surface area contributed by atoms with Crippen molar-refractivity contribution in [1.82, 2.24) is 19.6 Å². The number of anilines is 1. The van der Waals surface area contributed by atoms with Crippen LogP contribution in [0.25, 0.3) is 5.65 Å². The number of nitrogen functional groups attached to an aromatic ring is 1. The van der Waals surface area contributed by atoms with Crippen LogP contribution < -0.4 is 10.3 Å². The van der Waals surface area contributed by atoms with Crippen molar-refractivity contribution in [3.8, 4) is 5.75 Å². The Kier molecular flexibility index (Phi) is 5.22. The number of halogens is 1. The Morgan fingerprint density at radius 1 is 1.32 bits per heavy atom. The third-order valence-corrected chi connectivity index (χ3v) is 4.85. The van der Waals surface area contributed by atoms with Gasteiger partial charge in [-0.25, -0.2) is 9.97 Å². The molecule has 2 atom stereocenters. The van der Waals surface area contributed by atoms with E-state index in [4.69, 9.17) is 26.2 Å². The Morgan fingerprint density at radius 3 is 2.84 bits per heavy atom. The first-order valence-electron chi connectivity index (χ1n) is 7.53. The van der Waals surface area contributed by atoms with Gasteiger partial charge in [0.15, 0.2) is 5.65 Å². The van der Waals surface area contributed by atoms with Crippen molar-refractivity contribution in [2.45, 2.75) is 19.4 Å². The van der Waals surface area contributed by atoms with E-state index in [-0.39, 0.29) is 18.4 Å². The molecule has 10 heteroatoms. The Bertz CT molecular complexity index is 905. The molecule has 0 aliphatic heterocycles. The largest absolute Gasteiger partial charge is 0.431 e. The van der Waals surface area contributed by atoms with Crippen LogP contribution in [0.1, 0.15) is 12.5 Å². The smallest absolute Gasteiger partial charge is 0.361 e. The second kappa shape index (κ2) is 7.39. The van der Waals surface area contributed by atoms with Gasteiger partial charge in [-0.2, -0.15) is 9.61 Å². The highest BCUT2D eigenvalue weighted by Gasteiger charge is 2.23. The van der Waals surface area contributed by atoms with Gasteiger partial charge in [0.25, 0.3) is 0 Å². The summed E-state index contributed by atoms with van der Waals surface area (Å²) in [5, 5.41) is 4.14. The maximum Gasteiger partial charge on any atom is 0.361 e. The van der Waals surface area contributed by atoms with Crippen molar-refractivity contribution in [2.24, 2.45) is 0 Å². The van der Waals surface area contributed by atoms with Gasteiger partial charge in [-0.05, 0) is 30.3 Å². The lowest BCUT2D eigenvalue weighted by Gasteiger charge is -2.16. The molecular formula is C15H17ClN5O3P. The van der Waals surface area contributed by atoms with Crippen molar-refractivity contribution in [1.29, 1.82) is 0 Å². The Balaban J connectivity index is 1.59. The maximum atomic E-state index is 12.3. The van der Waals surface area contributed by atoms with E-state index in [1.54, 1.807) is 30.5 Å². The van der Waals surface area contributed by atoms with Crippen LogP contribution in [-0.2, 0) is 15.7 Å². The number of ether oxygens (including phenoxy) is 1. The molecule has 2 heterocycles. The zero-order valence-corrected chi connectivity index (χ0v) is 15.1. The number of para-hydroxylation sites is 1. The molecule has 0 aliphatic rings. The van der Waals surface area contributed by atoms with Gasteiger partial charge in [0, 0.05) is 12.0 Å². The standard InChI is InChI=1S/C15H17ClN5O3P/c1-11(7-12-8-20-21-14(12)18-9-19-15(21)17)23-10-25(16,22)24-13-5-3-2-4-6-13/h2-6,8-9,11H,7,10H2,1H3,(H2,17,18,19)/t11-,25?/m1/s1. The molecule has 0 bridgehead atoms. The van der Waals surface area contributed by atoms with Gasteiger partial charge in [-0.1, -0.05) is 18.2 Å². The van der Waals surface area contributed by atoms with E-state index in [1.165, 1.54) is 10.8 Å². The van der Waals surface area contributed by atoms with E-state index >= 15 is 0 Å². The van der Waals surface area contributed by atoms with E-state index in [2.05, 4.69) is 15.1 Å². The summed E-state index contributed by atoms with van der Waals surface area (Å²) < 4.78 is 24.7. The minimum atomic E-state index is -3.43. The molecule has 0 amide bonds. The van der Waals surface area contributed by atoms with Gasteiger partial charge < -0.3 is 15.0 Å². The number of fused-ring (bicyclic) bond motifs is 1. The molecule has 1 unspecified atom stereocenters. The fourth-order valence-corrected chi connectivity index (χ4v) is 3.60.